The standard InChI is InChI=1S/C6H11FN2O2S/c7-5-1-6(2-5)3-9(4-6)12(8,10)11/h5H,1-4H2,(H2,8,10,11). The van der Waals surface area contributed by atoms with Gasteiger partial charge in [-0.2, -0.15) is 12.7 Å². The summed E-state index contributed by atoms with van der Waals surface area (Å²) in [4.78, 5) is 0. The second-order valence-corrected chi connectivity index (χ2v) is 5.36. The van der Waals surface area contributed by atoms with Crippen molar-refractivity contribution in [1.29, 1.82) is 0 Å². The molecule has 2 N–H and O–H groups in total. The van der Waals surface area contributed by atoms with E-state index in [-0.39, 0.29) is 5.41 Å². The second kappa shape index (κ2) is 2.18. The molecule has 1 aliphatic carbocycles. The first-order valence-corrected chi connectivity index (χ1v) is 5.34. The number of rotatable bonds is 1. The zero-order chi connectivity index (χ0) is 8.98. The highest BCUT2D eigenvalue weighted by molar-refractivity contribution is 7.86. The minimum atomic E-state index is -3.52. The van der Waals surface area contributed by atoms with Crippen LogP contribution in [0.5, 0.6) is 0 Å². The summed E-state index contributed by atoms with van der Waals surface area (Å²) in [5.41, 5.74) is -0.0636. The first-order chi connectivity index (χ1) is 5.41. The summed E-state index contributed by atoms with van der Waals surface area (Å²) >= 11 is 0. The summed E-state index contributed by atoms with van der Waals surface area (Å²) < 4.78 is 35.1. The van der Waals surface area contributed by atoms with E-state index in [1.165, 1.54) is 4.31 Å². The molecule has 6 heteroatoms. The van der Waals surface area contributed by atoms with Crippen LogP contribution in [0.1, 0.15) is 12.8 Å². The highest BCUT2D eigenvalue weighted by Gasteiger charge is 2.55. The quantitative estimate of drug-likeness (QED) is 0.618. The molecule has 1 saturated heterocycles. The molecule has 0 amide bonds. The van der Waals surface area contributed by atoms with Crippen molar-refractivity contribution >= 4 is 10.2 Å². The van der Waals surface area contributed by atoms with Gasteiger partial charge in [-0.15, -0.1) is 0 Å². The average Bonchev–Trinajstić information content (AvgIpc) is 1.71. The molecule has 0 aromatic rings. The molecule has 1 spiro atoms. The van der Waals surface area contributed by atoms with Crippen LogP contribution in [0, 0.1) is 5.41 Å². The molecule has 1 aliphatic heterocycles. The lowest BCUT2D eigenvalue weighted by atomic mass is 9.63. The van der Waals surface area contributed by atoms with Crippen molar-refractivity contribution in [1.82, 2.24) is 4.31 Å². The Balaban J connectivity index is 1.93. The van der Waals surface area contributed by atoms with Gasteiger partial charge < -0.3 is 0 Å². The van der Waals surface area contributed by atoms with Crippen molar-refractivity contribution in [2.45, 2.75) is 19.0 Å². The zero-order valence-corrected chi connectivity index (χ0v) is 7.35. The Morgan fingerprint density at radius 1 is 1.42 bits per heavy atom. The average molecular weight is 194 g/mol. The van der Waals surface area contributed by atoms with Gasteiger partial charge in [0.25, 0.3) is 10.2 Å². The number of hydrogen-bond donors (Lipinski definition) is 1. The Morgan fingerprint density at radius 3 is 2.25 bits per heavy atom. The van der Waals surface area contributed by atoms with E-state index in [9.17, 15) is 12.8 Å². The summed E-state index contributed by atoms with van der Waals surface area (Å²) in [6, 6.07) is 0. The number of nitrogens with zero attached hydrogens (tertiary/aromatic N) is 1. The largest absolute Gasteiger partial charge is 0.276 e. The number of alkyl halides is 1. The molecule has 2 aliphatic rings. The normalized spacial score (nSPS) is 29.8. The summed E-state index contributed by atoms with van der Waals surface area (Å²) in [6.45, 7) is 0.818. The maximum absolute atomic E-state index is 12.5. The van der Waals surface area contributed by atoms with Gasteiger partial charge in [-0.1, -0.05) is 0 Å². The van der Waals surface area contributed by atoms with Crippen LogP contribution in [0.2, 0.25) is 0 Å². The first-order valence-electron chi connectivity index (χ1n) is 3.83. The fourth-order valence-corrected chi connectivity index (χ4v) is 2.93. The minimum absolute atomic E-state index is 0.0636. The second-order valence-electron chi connectivity index (χ2n) is 3.82. The molecule has 12 heavy (non-hydrogen) atoms. The Labute approximate surface area is 70.7 Å². The Hall–Kier alpha value is -0.200. The van der Waals surface area contributed by atoms with E-state index in [4.69, 9.17) is 5.14 Å². The van der Waals surface area contributed by atoms with E-state index in [0.29, 0.717) is 25.9 Å². The molecule has 0 unspecified atom stereocenters. The van der Waals surface area contributed by atoms with Crippen LogP contribution in [0.15, 0.2) is 0 Å². The van der Waals surface area contributed by atoms with Gasteiger partial charge in [0, 0.05) is 18.5 Å². The lowest BCUT2D eigenvalue weighted by Crippen LogP contribution is -2.65. The maximum Gasteiger partial charge on any atom is 0.276 e. The molecule has 0 radical (unpaired) electrons. The summed E-state index contributed by atoms with van der Waals surface area (Å²) in [6.07, 6.45) is 0.269. The molecular formula is C6H11FN2O2S. The van der Waals surface area contributed by atoms with Crippen molar-refractivity contribution in [2.75, 3.05) is 13.1 Å². The van der Waals surface area contributed by atoms with Gasteiger partial charge in [0.15, 0.2) is 0 Å². The van der Waals surface area contributed by atoms with E-state index in [1.807, 2.05) is 0 Å². The van der Waals surface area contributed by atoms with Gasteiger partial charge in [-0.25, -0.2) is 9.53 Å². The molecule has 1 saturated carbocycles. The third kappa shape index (κ3) is 1.14. The van der Waals surface area contributed by atoms with Gasteiger partial charge in [-0.3, -0.25) is 0 Å². The van der Waals surface area contributed by atoms with Crippen LogP contribution >= 0.6 is 0 Å². The lowest BCUT2D eigenvalue weighted by Gasteiger charge is -2.55. The van der Waals surface area contributed by atoms with Gasteiger partial charge in [0.05, 0.1) is 0 Å². The topological polar surface area (TPSA) is 63.4 Å². The molecular weight excluding hydrogens is 183 g/mol. The van der Waals surface area contributed by atoms with Crippen molar-refractivity contribution in [2.24, 2.45) is 10.6 Å². The maximum atomic E-state index is 12.5. The number of hydrogen-bond acceptors (Lipinski definition) is 2. The van der Waals surface area contributed by atoms with Crippen LogP contribution in [-0.4, -0.2) is 32.0 Å². The van der Waals surface area contributed by atoms with Crippen LogP contribution in [-0.2, 0) is 10.2 Å². The van der Waals surface area contributed by atoms with Crippen molar-refractivity contribution in [3.05, 3.63) is 0 Å². The first kappa shape index (κ1) is 8.40. The molecule has 2 fully saturated rings. The van der Waals surface area contributed by atoms with E-state index >= 15 is 0 Å². The Bertz CT molecular complexity index is 289. The van der Waals surface area contributed by atoms with E-state index in [1.54, 1.807) is 0 Å². The highest BCUT2D eigenvalue weighted by Crippen LogP contribution is 2.50. The lowest BCUT2D eigenvalue weighted by molar-refractivity contribution is -0.0645. The molecule has 0 atom stereocenters. The zero-order valence-electron chi connectivity index (χ0n) is 6.53. The number of nitrogens with two attached hydrogens (primary N) is 1. The molecule has 2 rings (SSSR count). The minimum Gasteiger partial charge on any atom is -0.247 e. The molecule has 70 valence electrons. The molecule has 0 bridgehead atoms. The van der Waals surface area contributed by atoms with Gasteiger partial charge in [0.2, 0.25) is 0 Å². The Kier molecular flexibility index (Phi) is 1.53. The molecule has 0 aromatic heterocycles. The predicted octanol–water partition coefficient (Wildman–Crippen LogP) is -0.376. The van der Waals surface area contributed by atoms with E-state index < -0.39 is 16.4 Å². The fourth-order valence-electron chi connectivity index (χ4n) is 2.02. The summed E-state index contributed by atoms with van der Waals surface area (Å²) in [7, 11) is -3.52. The van der Waals surface area contributed by atoms with Crippen molar-refractivity contribution < 1.29 is 12.8 Å². The van der Waals surface area contributed by atoms with Crippen molar-refractivity contribution in [3.63, 3.8) is 0 Å². The fraction of sp³-hybridized carbons (Fsp3) is 1.00. The molecule has 4 nitrogen and oxygen atoms in total. The van der Waals surface area contributed by atoms with Crippen LogP contribution in [0.25, 0.3) is 0 Å². The SMILES string of the molecule is NS(=O)(=O)N1CC2(CC(F)C2)C1. The number of halogens is 1. The summed E-state index contributed by atoms with van der Waals surface area (Å²) in [5, 5.41) is 4.88. The van der Waals surface area contributed by atoms with E-state index in [0.717, 1.165) is 0 Å². The van der Waals surface area contributed by atoms with Gasteiger partial charge >= 0.3 is 0 Å². The molecule has 1 heterocycles. The van der Waals surface area contributed by atoms with Crippen LogP contribution in [0.4, 0.5) is 4.39 Å². The molecule has 0 aromatic carbocycles. The third-order valence-electron chi connectivity index (χ3n) is 2.69. The third-order valence-corrected chi connectivity index (χ3v) is 3.67. The highest BCUT2D eigenvalue weighted by atomic mass is 32.2. The summed E-state index contributed by atoms with van der Waals surface area (Å²) in [5.74, 6) is 0. The van der Waals surface area contributed by atoms with E-state index in [2.05, 4.69) is 0 Å². The monoisotopic (exact) mass is 194 g/mol. The van der Waals surface area contributed by atoms with Gasteiger partial charge in [0.1, 0.15) is 6.17 Å². The smallest absolute Gasteiger partial charge is 0.247 e. The van der Waals surface area contributed by atoms with Crippen LogP contribution < -0.4 is 5.14 Å². The van der Waals surface area contributed by atoms with Crippen LogP contribution in [0.3, 0.4) is 0 Å². The Morgan fingerprint density at radius 2 is 1.92 bits per heavy atom. The van der Waals surface area contributed by atoms with Crippen molar-refractivity contribution in [3.8, 4) is 0 Å². The predicted molar refractivity (Wildman–Crippen MR) is 41.2 cm³/mol. The van der Waals surface area contributed by atoms with Gasteiger partial charge in [-0.05, 0) is 12.8 Å².